The molecule has 0 bridgehead atoms. The zero-order valence-electron chi connectivity index (χ0n) is 9.79. The summed E-state index contributed by atoms with van der Waals surface area (Å²) in [5, 5.41) is 21.8. The first kappa shape index (κ1) is 11.3. The highest BCUT2D eigenvalue weighted by Gasteiger charge is 2.11. The predicted octanol–water partition coefficient (Wildman–Crippen LogP) is 2.37. The van der Waals surface area contributed by atoms with Gasteiger partial charge in [-0.3, -0.25) is 0 Å². The standard InChI is InChI=1S/C14H10N2O3/c15-13-10-4-9-6-12(17)11(14(18)19)5-8(9)3-7(10)1-2-16-13/h1-6,17H,(H2,15,16)(H,18,19). The van der Waals surface area contributed by atoms with Gasteiger partial charge in [-0.25, -0.2) is 9.78 Å². The summed E-state index contributed by atoms with van der Waals surface area (Å²) in [6.07, 6.45) is 1.60. The van der Waals surface area contributed by atoms with Crippen LogP contribution in [0.1, 0.15) is 10.4 Å². The Morgan fingerprint density at radius 3 is 2.58 bits per heavy atom. The predicted molar refractivity (Wildman–Crippen MR) is 72.3 cm³/mol. The molecular formula is C14H10N2O3. The van der Waals surface area contributed by atoms with Gasteiger partial charge >= 0.3 is 5.97 Å². The quantitative estimate of drug-likeness (QED) is 0.579. The first-order valence-electron chi connectivity index (χ1n) is 5.60. The molecule has 0 saturated heterocycles. The van der Waals surface area contributed by atoms with E-state index in [2.05, 4.69) is 4.98 Å². The third kappa shape index (κ3) is 1.72. The van der Waals surface area contributed by atoms with Crippen molar-refractivity contribution in [3.05, 3.63) is 42.1 Å². The molecule has 3 rings (SSSR count). The Kier molecular flexibility index (Phi) is 2.28. The van der Waals surface area contributed by atoms with Crippen LogP contribution in [-0.2, 0) is 0 Å². The molecule has 5 heteroatoms. The molecular weight excluding hydrogens is 244 g/mol. The topological polar surface area (TPSA) is 96.4 Å². The molecule has 0 aliphatic carbocycles. The van der Waals surface area contributed by atoms with Crippen molar-refractivity contribution in [2.45, 2.75) is 0 Å². The number of hydrogen-bond acceptors (Lipinski definition) is 4. The lowest BCUT2D eigenvalue weighted by atomic mass is 10.0. The van der Waals surface area contributed by atoms with E-state index in [0.717, 1.165) is 21.5 Å². The van der Waals surface area contributed by atoms with Crippen LogP contribution in [0.15, 0.2) is 36.5 Å². The maximum absolute atomic E-state index is 11.0. The van der Waals surface area contributed by atoms with Crippen molar-refractivity contribution < 1.29 is 15.0 Å². The molecule has 1 aromatic heterocycles. The Labute approximate surface area is 107 Å². The first-order chi connectivity index (χ1) is 9.06. The summed E-state index contributed by atoms with van der Waals surface area (Å²) < 4.78 is 0. The largest absolute Gasteiger partial charge is 0.507 e. The van der Waals surface area contributed by atoms with Crippen molar-refractivity contribution in [3.8, 4) is 5.75 Å². The number of aromatic hydroxyl groups is 1. The second-order valence-corrected chi connectivity index (χ2v) is 4.29. The van der Waals surface area contributed by atoms with E-state index in [1.807, 2.05) is 6.07 Å². The van der Waals surface area contributed by atoms with E-state index < -0.39 is 5.97 Å². The molecule has 94 valence electrons. The molecule has 19 heavy (non-hydrogen) atoms. The molecule has 0 radical (unpaired) electrons. The van der Waals surface area contributed by atoms with Gasteiger partial charge in [0.1, 0.15) is 17.1 Å². The van der Waals surface area contributed by atoms with Gasteiger partial charge in [0.15, 0.2) is 0 Å². The Morgan fingerprint density at radius 2 is 1.84 bits per heavy atom. The van der Waals surface area contributed by atoms with Crippen molar-refractivity contribution >= 4 is 33.3 Å². The van der Waals surface area contributed by atoms with Gasteiger partial charge < -0.3 is 15.9 Å². The number of carboxylic acids is 1. The number of pyridine rings is 1. The van der Waals surface area contributed by atoms with E-state index in [4.69, 9.17) is 10.8 Å². The van der Waals surface area contributed by atoms with Crippen molar-refractivity contribution in [1.29, 1.82) is 0 Å². The van der Waals surface area contributed by atoms with Crippen LogP contribution >= 0.6 is 0 Å². The number of fused-ring (bicyclic) bond motifs is 2. The summed E-state index contributed by atoms with van der Waals surface area (Å²) >= 11 is 0. The van der Waals surface area contributed by atoms with E-state index in [1.165, 1.54) is 12.1 Å². The Morgan fingerprint density at radius 1 is 1.11 bits per heavy atom. The number of aromatic carboxylic acids is 1. The highest BCUT2D eigenvalue weighted by Crippen LogP contribution is 2.30. The summed E-state index contributed by atoms with van der Waals surface area (Å²) in [5.74, 6) is -1.02. The smallest absolute Gasteiger partial charge is 0.339 e. The van der Waals surface area contributed by atoms with Crippen LogP contribution in [-0.4, -0.2) is 21.2 Å². The number of hydrogen-bond donors (Lipinski definition) is 3. The number of nitrogens with zero attached hydrogens (tertiary/aromatic N) is 1. The summed E-state index contributed by atoms with van der Waals surface area (Å²) in [6, 6.07) is 8.29. The first-order valence-corrected chi connectivity index (χ1v) is 5.60. The second-order valence-electron chi connectivity index (χ2n) is 4.29. The SMILES string of the molecule is Nc1nccc2cc3cc(C(=O)O)c(O)cc3cc12. The van der Waals surface area contributed by atoms with Gasteiger partial charge in [-0.15, -0.1) is 0 Å². The van der Waals surface area contributed by atoms with Gasteiger partial charge in [0.05, 0.1) is 0 Å². The summed E-state index contributed by atoms with van der Waals surface area (Å²) in [4.78, 5) is 15.0. The molecule has 0 unspecified atom stereocenters. The lowest BCUT2D eigenvalue weighted by Crippen LogP contribution is -1.97. The normalized spacial score (nSPS) is 10.9. The molecule has 0 aliphatic rings. The molecule has 3 aromatic rings. The summed E-state index contributed by atoms with van der Waals surface area (Å²) in [5.41, 5.74) is 5.68. The molecule has 2 aromatic carbocycles. The number of benzene rings is 2. The van der Waals surface area contributed by atoms with Gasteiger partial charge in [0.2, 0.25) is 0 Å². The monoisotopic (exact) mass is 254 g/mol. The van der Waals surface area contributed by atoms with Gasteiger partial charge in [-0.1, -0.05) is 0 Å². The molecule has 0 amide bonds. The molecule has 0 fully saturated rings. The number of carbonyl (C=O) groups is 1. The number of nitrogens with two attached hydrogens (primary N) is 1. The number of nitrogen functional groups attached to an aromatic ring is 1. The fourth-order valence-corrected chi connectivity index (χ4v) is 2.15. The number of rotatable bonds is 1. The van der Waals surface area contributed by atoms with Crippen LogP contribution in [0.25, 0.3) is 21.5 Å². The zero-order chi connectivity index (χ0) is 13.6. The summed E-state index contributed by atoms with van der Waals surface area (Å²) in [6.45, 7) is 0. The number of carboxylic acid groups (broad SMARTS) is 1. The minimum Gasteiger partial charge on any atom is -0.507 e. The number of anilines is 1. The number of phenols is 1. The lowest BCUT2D eigenvalue weighted by Gasteiger charge is -2.06. The molecule has 4 N–H and O–H groups in total. The Bertz CT molecular complexity index is 828. The van der Waals surface area contributed by atoms with Gasteiger partial charge in [-0.05, 0) is 46.5 Å². The van der Waals surface area contributed by atoms with Crippen molar-refractivity contribution in [1.82, 2.24) is 4.98 Å². The molecule has 0 spiro atoms. The third-order valence-corrected chi connectivity index (χ3v) is 3.10. The van der Waals surface area contributed by atoms with Crippen LogP contribution < -0.4 is 5.73 Å². The minimum atomic E-state index is -1.16. The van der Waals surface area contributed by atoms with Crippen LogP contribution in [0.2, 0.25) is 0 Å². The molecule has 5 nitrogen and oxygen atoms in total. The average molecular weight is 254 g/mol. The fourth-order valence-electron chi connectivity index (χ4n) is 2.15. The van der Waals surface area contributed by atoms with E-state index in [-0.39, 0.29) is 11.3 Å². The molecule has 0 aliphatic heterocycles. The van der Waals surface area contributed by atoms with Crippen molar-refractivity contribution in [2.24, 2.45) is 0 Å². The van der Waals surface area contributed by atoms with Gasteiger partial charge in [0, 0.05) is 11.6 Å². The summed E-state index contributed by atoms with van der Waals surface area (Å²) in [7, 11) is 0. The Hall–Kier alpha value is -2.82. The highest BCUT2D eigenvalue weighted by atomic mass is 16.4. The molecule has 0 saturated carbocycles. The highest BCUT2D eigenvalue weighted by molar-refractivity contribution is 6.05. The maximum Gasteiger partial charge on any atom is 0.339 e. The van der Waals surface area contributed by atoms with E-state index in [0.29, 0.717) is 5.82 Å². The van der Waals surface area contributed by atoms with Gasteiger partial charge in [0.25, 0.3) is 0 Å². The third-order valence-electron chi connectivity index (χ3n) is 3.10. The van der Waals surface area contributed by atoms with Crippen LogP contribution in [0.5, 0.6) is 5.75 Å². The Balaban J connectivity index is 2.42. The van der Waals surface area contributed by atoms with Crippen LogP contribution in [0.3, 0.4) is 0 Å². The van der Waals surface area contributed by atoms with Crippen LogP contribution in [0.4, 0.5) is 5.82 Å². The average Bonchev–Trinajstić information content (AvgIpc) is 2.36. The maximum atomic E-state index is 11.0. The lowest BCUT2D eigenvalue weighted by molar-refractivity contribution is 0.0694. The molecule has 0 atom stereocenters. The van der Waals surface area contributed by atoms with E-state index in [9.17, 15) is 9.90 Å². The fraction of sp³-hybridized carbons (Fsp3) is 0. The minimum absolute atomic E-state index is 0.117. The zero-order valence-corrected chi connectivity index (χ0v) is 9.79. The van der Waals surface area contributed by atoms with Crippen molar-refractivity contribution in [2.75, 3.05) is 5.73 Å². The second kappa shape index (κ2) is 3.84. The number of aromatic nitrogens is 1. The molecule has 1 heterocycles. The van der Waals surface area contributed by atoms with Crippen molar-refractivity contribution in [3.63, 3.8) is 0 Å². The van der Waals surface area contributed by atoms with E-state index in [1.54, 1.807) is 18.3 Å². The van der Waals surface area contributed by atoms with E-state index >= 15 is 0 Å². The van der Waals surface area contributed by atoms with Gasteiger partial charge in [-0.2, -0.15) is 0 Å². The van der Waals surface area contributed by atoms with Crippen LogP contribution in [0, 0.1) is 0 Å².